The van der Waals surface area contributed by atoms with Crippen LogP contribution in [0.3, 0.4) is 0 Å². The number of allylic oxidation sites excluding steroid dienone is 1. The van der Waals surface area contributed by atoms with Crippen LogP contribution in [0, 0.1) is 0 Å². The van der Waals surface area contributed by atoms with Crippen molar-refractivity contribution in [2.75, 3.05) is 13.2 Å². The summed E-state index contributed by atoms with van der Waals surface area (Å²) >= 11 is 0. The highest BCUT2D eigenvalue weighted by molar-refractivity contribution is 5.76. The summed E-state index contributed by atoms with van der Waals surface area (Å²) in [6.07, 6.45) is 78.4. The van der Waals surface area contributed by atoms with Gasteiger partial charge in [-0.05, 0) is 32.1 Å². The van der Waals surface area contributed by atoms with Crippen molar-refractivity contribution in [3.05, 3.63) is 12.2 Å². The van der Waals surface area contributed by atoms with E-state index in [1.54, 1.807) is 6.08 Å². The number of aliphatic hydroxyl groups is 2. The molecule has 440 valence electrons. The second-order valence-electron chi connectivity index (χ2n) is 23.5. The summed E-state index contributed by atoms with van der Waals surface area (Å²) in [7, 11) is 0. The minimum absolute atomic E-state index is 0.0154. The van der Waals surface area contributed by atoms with Crippen molar-refractivity contribution in [3.8, 4) is 0 Å². The SMILES string of the molecule is CCCCCCCCCCCCCCCCCCC/C=C/C(O)C(CO)NC(=O)CCCCCCCCCCCCCCCCCCCCCCOC(=O)CCCCCCCCCCCCCCCCCCCC. The van der Waals surface area contributed by atoms with Gasteiger partial charge in [0.05, 0.1) is 25.4 Å². The molecule has 2 atom stereocenters. The van der Waals surface area contributed by atoms with Gasteiger partial charge in [-0.3, -0.25) is 9.59 Å². The maximum Gasteiger partial charge on any atom is 0.305 e. The maximum atomic E-state index is 12.5. The molecular formula is C68H133NO5. The van der Waals surface area contributed by atoms with Gasteiger partial charge in [-0.25, -0.2) is 0 Å². The molecule has 1 amide bonds. The summed E-state index contributed by atoms with van der Waals surface area (Å²) in [5.74, 6) is -0.0504. The van der Waals surface area contributed by atoms with Crippen molar-refractivity contribution >= 4 is 11.9 Å². The number of ether oxygens (including phenoxy) is 1. The van der Waals surface area contributed by atoms with E-state index in [2.05, 4.69) is 19.2 Å². The lowest BCUT2D eigenvalue weighted by molar-refractivity contribution is -0.143. The molecule has 2 unspecified atom stereocenters. The summed E-state index contributed by atoms with van der Waals surface area (Å²) in [5.41, 5.74) is 0. The first-order valence-electron chi connectivity index (χ1n) is 34.0. The highest BCUT2D eigenvalue weighted by Crippen LogP contribution is 2.19. The largest absolute Gasteiger partial charge is 0.466 e. The van der Waals surface area contributed by atoms with E-state index in [0.717, 1.165) is 38.5 Å². The second kappa shape index (κ2) is 64.1. The summed E-state index contributed by atoms with van der Waals surface area (Å²) in [6, 6.07) is -0.629. The molecule has 0 aliphatic carbocycles. The van der Waals surface area contributed by atoms with Crippen molar-refractivity contribution in [3.63, 3.8) is 0 Å². The standard InChI is InChI=1S/C68H133NO5/c1-3-5-7-9-11-13-15-17-19-21-25-28-32-36-40-44-48-52-56-60-66(71)65(64-70)69-67(72)61-57-53-49-45-41-37-33-29-26-23-24-27-31-35-39-43-47-51-55-59-63-74-68(73)62-58-54-50-46-42-38-34-30-22-20-18-16-14-12-10-8-6-4-2/h56,60,65-66,70-71H,3-55,57-59,61-64H2,1-2H3,(H,69,72)/b60-56+. The van der Waals surface area contributed by atoms with E-state index in [0.29, 0.717) is 19.4 Å². The Morgan fingerprint density at radius 2 is 0.622 bits per heavy atom. The van der Waals surface area contributed by atoms with E-state index in [9.17, 15) is 19.8 Å². The fraction of sp³-hybridized carbons (Fsp3) is 0.941. The van der Waals surface area contributed by atoms with Crippen LogP contribution >= 0.6 is 0 Å². The predicted octanol–water partition coefficient (Wildman–Crippen LogP) is 21.6. The minimum atomic E-state index is -0.846. The highest BCUT2D eigenvalue weighted by Gasteiger charge is 2.18. The fourth-order valence-corrected chi connectivity index (χ4v) is 10.9. The van der Waals surface area contributed by atoms with Crippen molar-refractivity contribution < 1.29 is 24.5 Å². The van der Waals surface area contributed by atoms with Crippen molar-refractivity contribution in [1.29, 1.82) is 0 Å². The van der Waals surface area contributed by atoms with E-state index in [1.807, 2.05) is 6.08 Å². The number of carbonyl (C=O) groups is 2. The number of hydrogen-bond acceptors (Lipinski definition) is 5. The van der Waals surface area contributed by atoms with Crippen molar-refractivity contribution in [1.82, 2.24) is 5.32 Å². The molecule has 0 rings (SSSR count). The maximum absolute atomic E-state index is 12.5. The van der Waals surface area contributed by atoms with Crippen LogP contribution < -0.4 is 5.32 Å². The molecule has 0 aliphatic heterocycles. The average molecular weight is 1040 g/mol. The van der Waals surface area contributed by atoms with Crippen LogP contribution in [-0.2, 0) is 14.3 Å². The molecule has 0 saturated carbocycles. The molecule has 6 heteroatoms. The molecule has 0 heterocycles. The zero-order valence-electron chi connectivity index (χ0n) is 50.4. The molecule has 0 bridgehead atoms. The van der Waals surface area contributed by atoms with Gasteiger partial charge in [0.25, 0.3) is 0 Å². The molecule has 0 aliphatic rings. The van der Waals surface area contributed by atoms with Gasteiger partial charge in [0.2, 0.25) is 5.91 Å². The molecule has 0 saturated heterocycles. The van der Waals surface area contributed by atoms with Gasteiger partial charge in [-0.1, -0.05) is 353 Å². The lowest BCUT2D eigenvalue weighted by atomic mass is 10.0. The zero-order chi connectivity index (χ0) is 53.6. The Bertz CT molecular complexity index is 1110. The van der Waals surface area contributed by atoms with Gasteiger partial charge in [-0.15, -0.1) is 0 Å². The van der Waals surface area contributed by atoms with Gasteiger partial charge in [0, 0.05) is 12.8 Å². The summed E-state index contributed by atoms with van der Waals surface area (Å²) < 4.78 is 5.51. The van der Waals surface area contributed by atoms with Gasteiger partial charge >= 0.3 is 5.97 Å². The van der Waals surface area contributed by atoms with Gasteiger partial charge in [0.1, 0.15) is 0 Å². The van der Waals surface area contributed by atoms with E-state index in [-0.39, 0.29) is 18.5 Å². The number of unbranched alkanes of at least 4 members (excludes halogenated alkanes) is 53. The van der Waals surface area contributed by atoms with Crippen LogP contribution in [0.2, 0.25) is 0 Å². The first-order valence-corrected chi connectivity index (χ1v) is 34.0. The first-order chi connectivity index (χ1) is 36.5. The molecule has 74 heavy (non-hydrogen) atoms. The molecule has 0 aromatic carbocycles. The molecule has 0 aromatic rings. The van der Waals surface area contributed by atoms with E-state index >= 15 is 0 Å². The Balaban J connectivity index is 3.39. The van der Waals surface area contributed by atoms with Gasteiger partial charge < -0.3 is 20.3 Å². The lowest BCUT2D eigenvalue weighted by Gasteiger charge is -2.20. The summed E-state index contributed by atoms with van der Waals surface area (Å²) in [4.78, 5) is 24.6. The Hall–Kier alpha value is -1.40. The number of aliphatic hydroxyl groups excluding tert-OH is 2. The monoisotopic (exact) mass is 1040 g/mol. The summed E-state index contributed by atoms with van der Waals surface area (Å²) in [6.45, 7) is 4.94. The third kappa shape index (κ3) is 59.8. The van der Waals surface area contributed by atoms with E-state index < -0.39 is 12.1 Å². The molecule has 0 radical (unpaired) electrons. The Kier molecular flexibility index (Phi) is 62.9. The normalized spacial score (nSPS) is 12.5. The highest BCUT2D eigenvalue weighted by atomic mass is 16.5. The predicted molar refractivity (Wildman–Crippen MR) is 324 cm³/mol. The smallest absolute Gasteiger partial charge is 0.305 e. The number of esters is 1. The summed E-state index contributed by atoms with van der Waals surface area (Å²) in [5, 5.41) is 23.2. The zero-order valence-corrected chi connectivity index (χ0v) is 50.4. The van der Waals surface area contributed by atoms with Gasteiger partial charge in [0.15, 0.2) is 0 Å². The van der Waals surface area contributed by atoms with Crippen LogP contribution in [0.1, 0.15) is 386 Å². The van der Waals surface area contributed by atoms with Crippen molar-refractivity contribution in [2.45, 2.75) is 398 Å². The number of hydrogen-bond donors (Lipinski definition) is 3. The molecule has 0 spiro atoms. The van der Waals surface area contributed by atoms with E-state index in [4.69, 9.17) is 4.74 Å². The van der Waals surface area contributed by atoms with Crippen LogP contribution in [0.5, 0.6) is 0 Å². The number of amides is 1. The molecular weight excluding hydrogens is 911 g/mol. The molecule has 0 aromatic heterocycles. The fourth-order valence-electron chi connectivity index (χ4n) is 10.9. The average Bonchev–Trinajstić information content (AvgIpc) is 3.40. The Morgan fingerprint density at radius 1 is 0.365 bits per heavy atom. The van der Waals surface area contributed by atoms with Crippen molar-refractivity contribution in [2.24, 2.45) is 0 Å². The Morgan fingerprint density at radius 3 is 0.919 bits per heavy atom. The van der Waals surface area contributed by atoms with E-state index in [1.165, 1.54) is 321 Å². The van der Waals surface area contributed by atoms with Crippen LogP contribution in [0.25, 0.3) is 0 Å². The number of nitrogens with one attached hydrogen (secondary N) is 1. The number of carbonyl (C=O) groups excluding carboxylic acids is 2. The third-order valence-corrected chi connectivity index (χ3v) is 16.1. The lowest BCUT2D eigenvalue weighted by Crippen LogP contribution is -2.45. The first kappa shape index (κ1) is 72.6. The van der Waals surface area contributed by atoms with Crippen LogP contribution in [0.4, 0.5) is 0 Å². The second-order valence-corrected chi connectivity index (χ2v) is 23.5. The molecule has 0 fully saturated rings. The minimum Gasteiger partial charge on any atom is -0.466 e. The Labute approximate surface area is 463 Å². The quantitative estimate of drug-likeness (QED) is 0.0320. The molecule has 6 nitrogen and oxygen atoms in total. The van der Waals surface area contributed by atoms with Crippen LogP contribution in [0.15, 0.2) is 12.2 Å². The third-order valence-electron chi connectivity index (χ3n) is 16.1. The van der Waals surface area contributed by atoms with Crippen LogP contribution in [-0.4, -0.2) is 47.4 Å². The molecule has 3 N–H and O–H groups in total. The van der Waals surface area contributed by atoms with Gasteiger partial charge in [-0.2, -0.15) is 0 Å². The number of rotatable bonds is 64. The topological polar surface area (TPSA) is 95.9 Å².